The predicted molar refractivity (Wildman–Crippen MR) is 73.5 cm³/mol. The highest BCUT2D eigenvalue weighted by molar-refractivity contribution is 9.09. The van der Waals surface area contributed by atoms with Gasteiger partial charge in [0.15, 0.2) is 11.5 Å². The van der Waals surface area contributed by atoms with Gasteiger partial charge < -0.3 is 9.47 Å². The fourth-order valence-corrected chi connectivity index (χ4v) is 4.50. The van der Waals surface area contributed by atoms with Gasteiger partial charge >= 0.3 is 0 Å². The fraction of sp³-hybridized carbons (Fsp3) is 0.500. The quantitative estimate of drug-likeness (QED) is 0.762. The molecule has 104 valence electrons. The summed E-state index contributed by atoms with van der Waals surface area (Å²) in [6.45, 7) is 2.00. The number of fused-ring (bicyclic) bond motifs is 1. The van der Waals surface area contributed by atoms with E-state index >= 15 is 0 Å². The van der Waals surface area contributed by atoms with Crippen LogP contribution in [0.4, 0.5) is 0 Å². The van der Waals surface area contributed by atoms with Gasteiger partial charge in [-0.3, -0.25) is 0 Å². The summed E-state index contributed by atoms with van der Waals surface area (Å²) in [5.74, 6) is 1.10. The maximum atomic E-state index is 12.5. The maximum absolute atomic E-state index is 12.5. The topological polar surface area (TPSA) is 55.8 Å². The lowest BCUT2D eigenvalue weighted by Crippen LogP contribution is -2.29. The molecule has 5 nitrogen and oxygen atoms in total. The van der Waals surface area contributed by atoms with Gasteiger partial charge in [0.05, 0.1) is 4.90 Å². The maximum Gasteiger partial charge on any atom is 0.243 e. The lowest BCUT2D eigenvalue weighted by Gasteiger charge is -2.20. The lowest BCUT2D eigenvalue weighted by molar-refractivity contribution is 0.171. The van der Waals surface area contributed by atoms with Crippen molar-refractivity contribution in [2.75, 3.05) is 26.3 Å². The van der Waals surface area contributed by atoms with Crippen LogP contribution in [0.3, 0.4) is 0 Å². The van der Waals surface area contributed by atoms with Crippen LogP contribution in [0.15, 0.2) is 23.1 Å². The Morgan fingerprint density at radius 1 is 1.21 bits per heavy atom. The molecule has 0 aliphatic carbocycles. The molecule has 7 heteroatoms. The third kappa shape index (κ3) is 2.46. The minimum Gasteiger partial charge on any atom is -0.486 e. The molecule has 1 aromatic rings. The van der Waals surface area contributed by atoms with Gasteiger partial charge in [-0.25, -0.2) is 8.42 Å². The number of alkyl halides is 1. The Hall–Kier alpha value is -0.790. The number of hydrogen-bond acceptors (Lipinski definition) is 4. The average molecular weight is 348 g/mol. The van der Waals surface area contributed by atoms with Crippen molar-refractivity contribution >= 4 is 26.0 Å². The first-order valence-corrected chi connectivity index (χ1v) is 8.47. The summed E-state index contributed by atoms with van der Waals surface area (Å²) in [6.07, 6.45) is 0.837. The molecule has 1 fully saturated rings. The monoisotopic (exact) mass is 347 g/mol. The Kier molecular flexibility index (Phi) is 3.44. The van der Waals surface area contributed by atoms with E-state index in [0.717, 1.165) is 6.42 Å². The largest absolute Gasteiger partial charge is 0.486 e. The lowest BCUT2D eigenvalue weighted by atomic mass is 10.3. The molecule has 3 rings (SSSR count). The van der Waals surface area contributed by atoms with Crippen LogP contribution < -0.4 is 9.47 Å². The molecule has 2 heterocycles. The highest BCUT2D eigenvalue weighted by atomic mass is 79.9. The highest BCUT2D eigenvalue weighted by Crippen LogP contribution is 2.34. The number of rotatable bonds is 2. The zero-order valence-electron chi connectivity index (χ0n) is 10.2. The van der Waals surface area contributed by atoms with E-state index in [0.29, 0.717) is 37.8 Å². The van der Waals surface area contributed by atoms with Crippen LogP contribution in [0.25, 0.3) is 0 Å². The molecular weight excluding hydrogens is 334 g/mol. The van der Waals surface area contributed by atoms with Crippen molar-refractivity contribution in [2.24, 2.45) is 0 Å². The molecule has 2 aliphatic heterocycles. The Labute approximate surface area is 120 Å². The van der Waals surface area contributed by atoms with Gasteiger partial charge in [-0.15, -0.1) is 0 Å². The second kappa shape index (κ2) is 4.96. The molecule has 0 aromatic heterocycles. The molecule has 0 bridgehead atoms. The summed E-state index contributed by atoms with van der Waals surface area (Å²) in [6, 6.07) is 4.78. The number of nitrogens with zero attached hydrogens (tertiary/aromatic N) is 1. The van der Waals surface area contributed by atoms with E-state index < -0.39 is 10.0 Å². The molecule has 0 amide bonds. The van der Waals surface area contributed by atoms with E-state index in [1.165, 1.54) is 4.31 Å². The summed E-state index contributed by atoms with van der Waals surface area (Å²) in [5, 5.41) is 0. The van der Waals surface area contributed by atoms with Crippen molar-refractivity contribution in [1.82, 2.24) is 4.31 Å². The fourth-order valence-electron chi connectivity index (χ4n) is 2.24. The molecular formula is C12H14BrNO4S. The first-order chi connectivity index (χ1) is 9.07. The molecule has 1 unspecified atom stereocenters. The van der Waals surface area contributed by atoms with Crippen LogP contribution in [0.1, 0.15) is 6.42 Å². The Bertz CT molecular complexity index is 589. The van der Waals surface area contributed by atoms with Crippen LogP contribution >= 0.6 is 15.9 Å². The second-order valence-corrected chi connectivity index (χ2v) is 7.79. The van der Waals surface area contributed by atoms with Crippen LogP contribution in [0, 0.1) is 0 Å². The van der Waals surface area contributed by atoms with Crippen molar-refractivity contribution in [3.05, 3.63) is 18.2 Å². The Morgan fingerprint density at radius 3 is 2.63 bits per heavy atom. The van der Waals surface area contributed by atoms with Gasteiger partial charge in [0, 0.05) is 24.0 Å². The number of ether oxygens (including phenoxy) is 2. The van der Waals surface area contributed by atoms with E-state index in [1.54, 1.807) is 18.2 Å². The van der Waals surface area contributed by atoms with E-state index in [4.69, 9.17) is 9.47 Å². The van der Waals surface area contributed by atoms with Crippen LogP contribution in [0.2, 0.25) is 0 Å². The van der Waals surface area contributed by atoms with Crippen molar-refractivity contribution < 1.29 is 17.9 Å². The molecule has 1 aromatic carbocycles. The SMILES string of the molecule is O=S(=O)(c1ccc2c(c1)OCCO2)N1CCC(Br)C1. The van der Waals surface area contributed by atoms with E-state index in [9.17, 15) is 8.42 Å². The molecule has 19 heavy (non-hydrogen) atoms. The van der Waals surface area contributed by atoms with E-state index in [2.05, 4.69) is 15.9 Å². The number of sulfonamides is 1. The average Bonchev–Trinajstić information content (AvgIpc) is 2.85. The van der Waals surface area contributed by atoms with Gasteiger partial charge in [-0.2, -0.15) is 4.31 Å². The van der Waals surface area contributed by atoms with E-state index in [1.807, 2.05) is 0 Å². The van der Waals surface area contributed by atoms with Crippen molar-refractivity contribution in [2.45, 2.75) is 16.1 Å². The van der Waals surface area contributed by atoms with Crippen LogP contribution in [-0.4, -0.2) is 43.9 Å². The molecule has 0 N–H and O–H groups in total. The number of hydrogen-bond donors (Lipinski definition) is 0. The summed E-state index contributed by atoms with van der Waals surface area (Å²) in [5.41, 5.74) is 0. The van der Waals surface area contributed by atoms with Gasteiger partial charge in [-0.1, -0.05) is 15.9 Å². The van der Waals surface area contributed by atoms with Gasteiger partial charge in [-0.05, 0) is 18.6 Å². The molecule has 1 saturated heterocycles. The predicted octanol–water partition coefficient (Wildman–Crippen LogP) is 1.62. The highest BCUT2D eigenvalue weighted by Gasteiger charge is 2.32. The van der Waals surface area contributed by atoms with E-state index in [-0.39, 0.29) is 9.72 Å². The smallest absolute Gasteiger partial charge is 0.243 e. The normalized spacial score (nSPS) is 23.5. The summed E-state index contributed by atoms with van der Waals surface area (Å²) in [7, 11) is -3.44. The van der Waals surface area contributed by atoms with Gasteiger partial charge in [0.1, 0.15) is 13.2 Å². The van der Waals surface area contributed by atoms with Gasteiger partial charge in [0.2, 0.25) is 10.0 Å². The summed E-state index contributed by atoms with van der Waals surface area (Å²) >= 11 is 3.45. The molecule has 0 saturated carbocycles. The third-order valence-corrected chi connectivity index (χ3v) is 5.85. The van der Waals surface area contributed by atoms with Crippen molar-refractivity contribution in [1.29, 1.82) is 0 Å². The van der Waals surface area contributed by atoms with Crippen LogP contribution in [-0.2, 0) is 10.0 Å². The molecule has 1 atom stereocenters. The molecule has 0 radical (unpaired) electrons. The molecule has 2 aliphatic rings. The van der Waals surface area contributed by atoms with Gasteiger partial charge in [0.25, 0.3) is 0 Å². The summed E-state index contributed by atoms with van der Waals surface area (Å²) < 4.78 is 37.3. The zero-order valence-corrected chi connectivity index (χ0v) is 12.6. The standard InChI is InChI=1S/C12H14BrNO4S/c13-9-3-4-14(8-9)19(15,16)10-1-2-11-12(7-10)18-6-5-17-11/h1-2,7,9H,3-6,8H2. The minimum absolute atomic E-state index is 0.236. The first-order valence-electron chi connectivity index (χ1n) is 6.11. The first kappa shape index (κ1) is 13.2. The summed E-state index contributed by atoms with van der Waals surface area (Å²) in [4.78, 5) is 0.498. The van der Waals surface area contributed by atoms with Crippen molar-refractivity contribution in [3.63, 3.8) is 0 Å². The zero-order chi connectivity index (χ0) is 13.5. The van der Waals surface area contributed by atoms with Crippen molar-refractivity contribution in [3.8, 4) is 11.5 Å². The van der Waals surface area contributed by atoms with Crippen LogP contribution in [0.5, 0.6) is 11.5 Å². The minimum atomic E-state index is -3.44. The number of benzene rings is 1. The Balaban J connectivity index is 1.93. The molecule has 0 spiro atoms. The second-order valence-electron chi connectivity index (χ2n) is 4.55. The Morgan fingerprint density at radius 2 is 1.95 bits per heavy atom. The third-order valence-electron chi connectivity index (χ3n) is 3.24. The number of halogens is 1.